The SMILES string of the molecule is CCC1(c2ccccc2)NC(=O)N(CC(=O)N2CCCc3cc(S(C)(=O)=O)ccc32)C1=O. The number of benzene rings is 2. The summed E-state index contributed by atoms with van der Waals surface area (Å²) >= 11 is 0. The zero-order valence-electron chi connectivity index (χ0n) is 18.0. The van der Waals surface area contributed by atoms with Gasteiger partial charge in [0.1, 0.15) is 12.1 Å². The summed E-state index contributed by atoms with van der Waals surface area (Å²) in [5.74, 6) is -0.837. The molecule has 8 nitrogen and oxygen atoms in total. The van der Waals surface area contributed by atoms with Gasteiger partial charge in [-0.3, -0.25) is 14.5 Å². The van der Waals surface area contributed by atoms with Crippen LogP contribution in [0.15, 0.2) is 53.4 Å². The molecule has 1 N–H and O–H groups in total. The Morgan fingerprint density at radius 2 is 1.84 bits per heavy atom. The summed E-state index contributed by atoms with van der Waals surface area (Å²) in [7, 11) is -3.36. The molecule has 1 atom stereocenters. The third-order valence-electron chi connectivity index (χ3n) is 6.16. The Labute approximate surface area is 187 Å². The molecule has 0 saturated carbocycles. The van der Waals surface area contributed by atoms with Crippen molar-refractivity contribution >= 4 is 33.4 Å². The fraction of sp³-hybridized carbons (Fsp3) is 0.348. The Bertz CT molecular complexity index is 1200. The lowest BCUT2D eigenvalue weighted by molar-refractivity contribution is -0.134. The van der Waals surface area contributed by atoms with Gasteiger partial charge in [0.15, 0.2) is 9.84 Å². The lowest BCUT2D eigenvalue weighted by Crippen LogP contribution is -2.46. The maximum Gasteiger partial charge on any atom is 0.325 e. The predicted molar refractivity (Wildman–Crippen MR) is 119 cm³/mol. The number of urea groups is 1. The van der Waals surface area contributed by atoms with Crippen LogP contribution in [0.25, 0.3) is 0 Å². The molecule has 2 heterocycles. The highest BCUT2D eigenvalue weighted by atomic mass is 32.2. The van der Waals surface area contributed by atoms with Crippen LogP contribution < -0.4 is 10.2 Å². The average Bonchev–Trinajstić information content (AvgIpc) is 3.03. The number of rotatable bonds is 5. The third kappa shape index (κ3) is 3.66. The summed E-state index contributed by atoms with van der Waals surface area (Å²) in [6.45, 7) is 1.87. The van der Waals surface area contributed by atoms with Gasteiger partial charge in [0, 0.05) is 18.5 Å². The monoisotopic (exact) mass is 455 g/mol. The van der Waals surface area contributed by atoms with Crippen LogP contribution in [0.5, 0.6) is 0 Å². The largest absolute Gasteiger partial charge is 0.325 e. The van der Waals surface area contributed by atoms with E-state index in [0.29, 0.717) is 37.1 Å². The first-order chi connectivity index (χ1) is 15.2. The molecular weight excluding hydrogens is 430 g/mol. The molecule has 2 aliphatic heterocycles. The highest BCUT2D eigenvalue weighted by Gasteiger charge is 2.51. The number of hydrogen-bond acceptors (Lipinski definition) is 5. The second-order valence-electron chi connectivity index (χ2n) is 8.16. The van der Waals surface area contributed by atoms with Gasteiger partial charge in [-0.25, -0.2) is 13.2 Å². The van der Waals surface area contributed by atoms with E-state index in [1.807, 2.05) is 13.0 Å². The normalized spacial score (nSPS) is 20.8. The second-order valence-corrected chi connectivity index (χ2v) is 10.2. The fourth-order valence-corrected chi connectivity index (χ4v) is 5.09. The zero-order chi connectivity index (χ0) is 23.1. The number of imide groups is 1. The van der Waals surface area contributed by atoms with Crippen LogP contribution >= 0.6 is 0 Å². The second kappa shape index (κ2) is 8.05. The molecule has 0 bridgehead atoms. The highest BCUT2D eigenvalue weighted by Crippen LogP contribution is 2.33. The number of anilines is 1. The third-order valence-corrected chi connectivity index (χ3v) is 7.28. The molecule has 2 aliphatic rings. The van der Waals surface area contributed by atoms with Crippen molar-refractivity contribution in [1.82, 2.24) is 10.2 Å². The maximum absolute atomic E-state index is 13.3. The van der Waals surface area contributed by atoms with E-state index in [0.717, 1.165) is 16.7 Å². The van der Waals surface area contributed by atoms with Crippen LogP contribution in [0.2, 0.25) is 0 Å². The Hall–Kier alpha value is -3.20. The summed E-state index contributed by atoms with van der Waals surface area (Å²) in [5, 5.41) is 2.78. The lowest BCUT2D eigenvalue weighted by Gasteiger charge is -2.31. The molecule has 1 fully saturated rings. The standard InChI is InChI=1S/C23H25N3O5S/c1-3-23(17-9-5-4-6-10-17)21(28)26(22(29)24-23)15-20(27)25-13-7-8-16-14-18(32(2,30)31)11-12-19(16)25/h4-6,9-12,14H,3,7-8,13,15H2,1-2H3,(H,24,29). The van der Waals surface area contributed by atoms with Crippen LogP contribution in [0, 0.1) is 0 Å². The molecule has 32 heavy (non-hydrogen) atoms. The molecule has 2 aromatic rings. The van der Waals surface area contributed by atoms with Gasteiger partial charge >= 0.3 is 6.03 Å². The summed E-state index contributed by atoms with van der Waals surface area (Å²) in [5.41, 5.74) is 0.859. The van der Waals surface area contributed by atoms with Crippen molar-refractivity contribution in [3.63, 3.8) is 0 Å². The van der Waals surface area contributed by atoms with Crippen LogP contribution in [0.4, 0.5) is 10.5 Å². The number of nitrogens with zero attached hydrogens (tertiary/aromatic N) is 2. The highest BCUT2D eigenvalue weighted by molar-refractivity contribution is 7.90. The molecule has 0 radical (unpaired) electrons. The lowest BCUT2D eigenvalue weighted by atomic mass is 9.87. The van der Waals surface area contributed by atoms with Crippen molar-refractivity contribution in [3.05, 3.63) is 59.7 Å². The smallest absolute Gasteiger partial charge is 0.319 e. The van der Waals surface area contributed by atoms with Gasteiger partial charge in [-0.1, -0.05) is 37.3 Å². The number of fused-ring (bicyclic) bond motifs is 1. The van der Waals surface area contributed by atoms with Crippen molar-refractivity contribution in [2.24, 2.45) is 0 Å². The molecule has 4 amide bonds. The molecule has 9 heteroatoms. The molecule has 2 aromatic carbocycles. The summed E-state index contributed by atoms with van der Waals surface area (Å²) in [6, 6.07) is 13.1. The Kier molecular flexibility index (Phi) is 5.54. The van der Waals surface area contributed by atoms with E-state index < -0.39 is 27.3 Å². The Morgan fingerprint density at radius 1 is 1.12 bits per heavy atom. The first-order valence-electron chi connectivity index (χ1n) is 10.5. The van der Waals surface area contributed by atoms with E-state index in [2.05, 4.69) is 5.32 Å². The summed E-state index contributed by atoms with van der Waals surface area (Å²) < 4.78 is 23.7. The van der Waals surface area contributed by atoms with Gasteiger partial charge in [0.05, 0.1) is 4.90 Å². The molecule has 0 spiro atoms. The van der Waals surface area contributed by atoms with Crippen LogP contribution in [-0.2, 0) is 31.4 Å². The van der Waals surface area contributed by atoms with E-state index >= 15 is 0 Å². The number of hydrogen-bond donors (Lipinski definition) is 1. The van der Waals surface area contributed by atoms with Crippen LogP contribution in [0.3, 0.4) is 0 Å². The molecule has 0 aromatic heterocycles. The number of nitrogens with one attached hydrogen (secondary N) is 1. The average molecular weight is 456 g/mol. The number of carbonyl (C=O) groups excluding carboxylic acids is 3. The molecule has 0 aliphatic carbocycles. The predicted octanol–water partition coefficient (Wildman–Crippen LogP) is 2.23. The minimum atomic E-state index is -3.36. The van der Waals surface area contributed by atoms with Gasteiger partial charge in [-0.05, 0) is 48.6 Å². The quantitative estimate of drug-likeness (QED) is 0.697. The first-order valence-corrected chi connectivity index (χ1v) is 12.4. The summed E-state index contributed by atoms with van der Waals surface area (Å²) in [6.07, 6.45) is 2.81. The molecule has 1 unspecified atom stereocenters. The molecular formula is C23H25N3O5S. The van der Waals surface area contributed by atoms with E-state index in [4.69, 9.17) is 0 Å². The van der Waals surface area contributed by atoms with Crippen LogP contribution in [-0.4, -0.2) is 50.5 Å². The van der Waals surface area contributed by atoms with Gasteiger partial charge in [0.2, 0.25) is 5.91 Å². The maximum atomic E-state index is 13.3. The number of amides is 4. The van der Waals surface area contributed by atoms with Crippen LogP contribution in [0.1, 0.15) is 30.9 Å². The van der Waals surface area contributed by atoms with E-state index in [9.17, 15) is 22.8 Å². The van der Waals surface area contributed by atoms with Crippen molar-refractivity contribution in [2.45, 2.75) is 36.6 Å². The van der Waals surface area contributed by atoms with Gasteiger partial charge in [-0.15, -0.1) is 0 Å². The Balaban J connectivity index is 1.59. The van der Waals surface area contributed by atoms with Crippen molar-refractivity contribution in [2.75, 3.05) is 24.2 Å². The molecule has 168 valence electrons. The van der Waals surface area contributed by atoms with Crippen molar-refractivity contribution < 1.29 is 22.8 Å². The fourth-order valence-electron chi connectivity index (χ4n) is 4.42. The first kappa shape index (κ1) is 22.0. The number of aryl methyl sites for hydroxylation is 1. The zero-order valence-corrected chi connectivity index (χ0v) is 18.8. The molecule has 4 rings (SSSR count). The molecule has 1 saturated heterocycles. The van der Waals surface area contributed by atoms with E-state index in [-0.39, 0.29) is 17.3 Å². The van der Waals surface area contributed by atoms with Gasteiger partial charge in [-0.2, -0.15) is 0 Å². The van der Waals surface area contributed by atoms with E-state index in [1.165, 1.54) is 11.0 Å². The Morgan fingerprint density at radius 3 is 2.50 bits per heavy atom. The number of sulfone groups is 1. The minimum absolute atomic E-state index is 0.204. The van der Waals surface area contributed by atoms with Crippen molar-refractivity contribution in [3.8, 4) is 0 Å². The number of carbonyl (C=O) groups is 3. The van der Waals surface area contributed by atoms with Gasteiger partial charge < -0.3 is 10.2 Å². The van der Waals surface area contributed by atoms with E-state index in [1.54, 1.807) is 36.4 Å². The topological polar surface area (TPSA) is 104 Å². The minimum Gasteiger partial charge on any atom is -0.319 e. The van der Waals surface area contributed by atoms with Gasteiger partial charge in [0.25, 0.3) is 5.91 Å². The van der Waals surface area contributed by atoms with Crippen molar-refractivity contribution in [1.29, 1.82) is 0 Å². The summed E-state index contributed by atoms with van der Waals surface area (Å²) in [4.78, 5) is 41.9.